The van der Waals surface area contributed by atoms with E-state index in [0.717, 1.165) is 4.68 Å². The molecule has 0 aliphatic heterocycles. The first-order valence-electron chi connectivity index (χ1n) is 4.75. The van der Waals surface area contributed by atoms with Crippen LogP contribution in [0.1, 0.15) is 0 Å². The predicted molar refractivity (Wildman–Crippen MR) is 60.7 cm³/mol. The monoisotopic (exact) mass is 234 g/mol. The lowest BCUT2D eigenvalue weighted by molar-refractivity contribution is 0.170. The Morgan fingerprint density at radius 3 is 2.88 bits per heavy atom. The van der Waals surface area contributed by atoms with Gasteiger partial charge in [0.1, 0.15) is 0 Å². The van der Waals surface area contributed by atoms with Crippen molar-refractivity contribution in [3.8, 4) is 0 Å². The van der Waals surface area contributed by atoms with E-state index >= 15 is 0 Å². The number of nitrogens with one attached hydrogen (secondary N) is 1. The number of benzene rings is 1. The zero-order valence-electron chi connectivity index (χ0n) is 9.01. The molecule has 17 heavy (non-hydrogen) atoms. The second kappa shape index (κ2) is 4.12. The standard InChI is InChI=1S/C10H10N4O3/c1-17-10(16)14-8-4-2-3-7(13-9(11)15)6(8)5-12-14/h2-5H,1H3,(H3,11,13,15). The summed E-state index contributed by atoms with van der Waals surface area (Å²) >= 11 is 0. The highest BCUT2D eigenvalue weighted by molar-refractivity contribution is 6.01. The van der Waals surface area contributed by atoms with E-state index in [2.05, 4.69) is 15.2 Å². The Morgan fingerprint density at radius 1 is 1.47 bits per heavy atom. The molecule has 0 fully saturated rings. The number of nitrogens with two attached hydrogens (primary N) is 1. The van der Waals surface area contributed by atoms with Crippen LogP contribution >= 0.6 is 0 Å². The van der Waals surface area contributed by atoms with Crippen molar-refractivity contribution in [2.75, 3.05) is 12.4 Å². The molecule has 88 valence electrons. The minimum atomic E-state index is -0.677. The summed E-state index contributed by atoms with van der Waals surface area (Å²) in [6.07, 6.45) is 0.855. The maximum absolute atomic E-state index is 11.4. The number of nitrogens with zero attached hydrogens (tertiary/aromatic N) is 2. The number of carbonyl (C=O) groups excluding carboxylic acids is 2. The molecule has 7 heteroatoms. The van der Waals surface area contributed by atoms with Gasteiger partial charge in [0, 0.05) is 5.39 Å². The van der Waals surface area contributed by atoms with Gasteiger partial charge in [-0.25, -0.2) is 9.59 Å². The number of rotatable bonds is 1. The molecule has 1 heterocycles. The Hall–Kier alpha value is -2.57. The van der Waals surface area contributed by atoms with E-state index in [9.17, 15) is 9.59 Å². The minimum absolute atomic E-state index is 0.491. The van der Waals surface area contributed by atoms with Gasteiger partial charge in [-0.1, -0.05) is 6.07 Å². The third kappa shape index (κ3) is 1.89. The van der Waals surface area contributed by atoms with E-state index in [1.807, 2.05) is 0 Å². The first-order chi connectivity index (χ1) is 8.13. The van der Waals surface area contributed by atoms with Crippen molar-refractivity contribution >= 4 is 28.7 Å². The molecule has 0 radical (unpaired) electrons. The lowest BCUT2D eigenvalue weighted by atomic mass is 10.2. The Kier molecular flexibility index (Phi) is 2.65. The molecule has 0 spiro atoms. The van der Waals surface area contributed by atoms with Crippen LogP contribution in [0.3, 0.4) is 0 Å². The number of anilines is 1. The molecule has 0 aliphatic carbocycles. The van der Waals surface area contributed by atoms with Gasteiger partial charge in [-0.2, -0.15) is 9.78 Å². The SMILES string of the molecule is COC(=O)n1ncc2c(NC(N)=O)cccc21. The molecule has 0 aliphatic rings. The zero-order chi connectivity index (χ0) is 12.4. The van der Waals surface area contributed by atoms with Crippen molar-refractivity contribution in [3.05, 3.63) is 24.4 Å². The summed E-state index contributed by atoms with van der Waals surface area (Å²) < 4.78 is 5.67. The van der Waals surface area contributed by atoms with Crippen molar-refractivity contribution in [3.63, 3.8) is 0 Å². The number of methoxy groups -OCH3 is 1. The first-order valence-corrected chi connectivity index (χ1v) is 4.75. The third-order valence-corrected chi connectivity index (χ3v) is 2.22. The summed E-state index contributed by atoms with van der Waals surface area (Å²) in [7, 11) is 1.27. The van der Waals surface area contributed by atoms with Crippen molar-refractivity contribution < 1.29 is 14.3 Å². The molecular formula is C10H10N4O3. The molecular weight excluding hydrogens is 224 g/mol. The summed E-state index contributed by atoms with van der Waals surface area (Å²) in [5, 5.41) is 6.94. The van der Waals surface area contributed by atoms with E-state index < -0.39 is 12.1 Å². The van der Waals surface area contributed by atoms with E-state index in [1.165, 1.54) is 13.3 Å². The Morgan fingerprint density at radius 2 is 2.24 bits per heavy atom. The number of primary amides is 1. The van der Waals surface area contributed by atoms with Gasteiger partial charge in [0.2, 0.25) is 0 Å². The van der Waals surface area contributed by atoms with Crippen LogP contribution in [0.25, 0.3) is 10.9 Å². The highest BCUT2D eigenvalue weighted by Gasteiger charge is 2.12. The fourth-order valence-corrected chi connectivity index (χ4v) is 1.52. The van der Waals surface area contributed by atoms with Gasteiger partial charge in [0.25, 0.3) is 0 Å². The molecule has 0 saturated heterocycles. The van der Waals surface area contributed by atoms with E-state index in [-0.39, 0.29) is 0 Å². The number of carbonyl (C=O) groups is 2. The van der Waals surface area contributed by atoms with Crippen LogP contribution < -0.4 is 11.1 Å². The summed E-state index contributed by atoms with van der Waals surface area (Å²) in [5.74, 6) is 0. The van der Waals surface area contributed by atoms with E-state index in [0.29, 0.717) is 16.6 Å². The van der Waals surface area contributed by atoms with Gasteiger partial charge in [0.05, 0.1) is 24.5 Å². The van der Waals surface area contributed by atoms with Crippen molar-refractivity contribution in [2.24, 2.45) is 5.73 Å². The molecule has 3 N–H and O–H groups in total. The number of amides is 2. The number of aromatic nitrogens is 2. The van der Waals surface area contributed by atoms with Gasteiger partial charge in [-0.3, -0.25) is 0 Å². The molecule has 2 aromatic rings. The number of ether oxygens (including phenoxy) is 1. The number of urea groups is 1. The van der Waals surface area contributed by atoms with Crippen LogP contribution in [0.2, 0.25) is 0 Å². The average Bonchev–Trinajstić information content (AvgIpc) is 2.72. The molecule has 7 nitrogen and oxygen atoms in total. The molecule has 0 unspecified atom stereocenters. The largest absolute Gasteiger partial charge is 0.451 e. The van der Waals surface area contributed by atoms with Crippen LogP contribution in [0.15, 0.2) is 24.4 Å². The fraction of sp³-hybridized carbons (Fsp3) is 0.100. The lowest BCUT2D eigenvalue weighted by Crippen LogP contribution is -2.19. The summed E-state index contributed by atoms with van der Waals surface area (Å²) in [6, 6.07) is 4.35. The Bertz CT molecular complexity index is 590. The molecule has 1 aromatic carbocycles. The third-order valence-electron chi connectivity index (χ3n) is 2.22. The lowest BCUT2D eigenvalue weighted by Gasteiger charge is -2.03. The summed E-state index contributed by atoms with van der Waals surface area (Å²) in [5.41, 5.74) is 6.06. The zero-order valence-corrected chi connectivity index (χ0v) is 9.01. The van der Waals surface area contributed by atoms with Gasteiger partial charge in [0.15, 0.2) is 0 Å². The normalized spacial score (nSPS) is 10.2. The van der Waals surface area contributed by atoms with Crippen LogP contribution in [0, 0.1) is 0 Å². The maximum atomic E-state index is 11.4. The number of hydrogen-bond acceptors (Lipinski definition) is 4. The molecule has 1 aromatic heterocycles. The molecule has 2 amide bonds. The van der Waals surface area contributed by atoms with Gasteiger partial charge in [-0.05, 0) is 12.1 Å². The van der Waals surface area contributed by atoms with Crippen LogP contribution in [-0.2, 0) is 4.74 Å². The van der Waals surface area contributed by atoms with Crippen LogP contribution in [0.5, 0.6) is 0 Å². The van der Waals surface area contributed by atoms with Crippen LogP contribution in [-0.4, -0.2) is 29.0 Å². The van der Waals surface area contributed by atoms with E-state index in [1.54, 1.807) is 18.2 Å². The topological polar surface area (TPSA) is 99.2 Å². The number of hydrogen-bond donors (Lipinski definition) is 2. The summed E-state index contributed by atoms with van der Waals surface area (Å²) in [6.45, 7) is 0. The number of fused-ring (bicyclic) bond motifs is 1. The Balaban J connectivity index is 2.56. The van der Waals surface area contributed by atoms with Crippen molar-refractivity contribution in [1.82, 2.24) is 9.78 Å². The second-order valence-corrected chi connectivity index (χ2v) is 3.25. The molecule has 0 atom stereocenters. The Labute approximate surface area is 96.1 Å². The fourth-order valence-electron chi connectivity index (χ4n) is 1.52. The molecule has 0 saturated carbocycles. The second-order valence-electron chi connectivity index (χ2n) is 3.25. The first kappa shape index (κ1) is 10.9. The summed E-state index contributed by atoms with van der Waals surface area (Å²) in [4.78, 5) is 22.2. The van der Waals surface area contributed by atoms with Gasteiger partial charge in [-0.15, -0.1) is 0 Å². The highest BCUT2D eigenvalue weighted by Crippen LogP contribution is 2.22. The predicted octanol–water partition coefficient (Wildman–Crippen LogP) is 1.14. The highest BCUT2D eigenvalue weighted by atomic mass is 16.5. The van der Waals surface area contributed by atoms with Gasteiger partial charge >= 0.3 is 12.1 Å². The quantitative estimate of drug-likeness (QED) is 0.772. The van der Waals surface area contributed by atoms with Crippen molar-refractivity contribution in [2.45, 2.75) is 0 Å². The van der Waals surface area contributed by atoms with Gasteiger partial charge < -0.3 is 15.8 Å². The minimum Gasteiger partial charge on any atom is -0.451 e. The van der Waals surface area contributed by atoms with Crippen LogP contribution in [0.4, 0.5) is 15.3 Å². The maximum Gasteiger partial charge on any atom is 0.434 e. The van der Waals surface area contributed by atoms with Crippen molar-refractivity contribution in [1.29, 1.82) is 0 Å². The molecule has 0 bridgehead atoms. The average molecular weight is 234 g/mol. The smallest absolute Gasteiger partial charge is 0.434 e. The van der Waals surface area contributed by atoms with E-state index in [4.69, 9.17) is 5.73 Å². The molecule has 2 rings (SSSR count).